The molecule has 0 saturated carbocycles. The number of aliphatic imine (C=N–C) groups is 2. The quantitative estimate of drug-likeness (QED) is 0.694. The average Bonchev–Trinajstić information content (AvgIpc) is 2.57. The first-order valence-electron chi connectivity index (χ1n) is 7.52. The van der Waals surface area contributed by atoms with E-state index in [0.29, 0.717) is 11.8 Å². The molecule has 2 aromatic carbocycles. The van der Waals surface area contributed by atoms with E-state index in [1.807, 2.05) is 65.6 Å². The first kappa shape index (κ1) is 15.8. The molecule has 2 aromatic rings. The van der Waals surface area contributed by atoms with E-state index < -0.39 is 0 Å². The summed E-state index contributed by atoms with van der Waals surface area (Å²) in [5.74, 6) is 1.11. The molecular weight excluding hydrogens is 272 g/mol. The number of nitrogens with zero attached hydrogens (tertiary/aromatic N) is 3. The Labute approximate surface area is 132 Å². The molecule has 0 heterocycles. The molecule has 0 spiro atoms. The highest BCUT2D eigenvalue weighted by Crippen LogP contribution is 2.14. The van der Waals surface area contributed by atoms with E-state index in [0.717, 1.165) is 24.3 Å². The number of hydrogen-bond acceptors (Lipinski definition) is 1. The molecule has 0 aromatic heterocycles. The Bertz CT molecular complexity index is 629. The van der Waals surface area contributed by atoms with Gasteiger partial charge in [-0.05, 0) is 26.0 Å². The number of rotatable bonds is 4. The van der Waals surface area contributed by atoms with Crippen molar-refractivity contribution in [2.75, 3.05) is 13.1 Å². The predicted molar refractivity (Wildman–Crippen MR) is 93.6 cm³/mol. The lowest BCUT2D eigenvalue weighted by molar-refractivity contribution is 0.461. The van der Waals surface area contributed by atoms with Crippen molar-refractivity contribution in [3.63, 3.8) is 0 Å². The molecule has 0 aliphatic carbocycles. The maximum absolute atomic E-state index is 6.13. The normalized spacial score (nSPS) is 12.3. The highest BCUT2D eigenvalue weighted by Gasteiger charge is 2.07. The first-order chi connectivity index (χ1) is 10.7. The Balaban J connectivity index is 2.43. The Morgan fingerprint density at radius 2 is 1.45 bits per heavy atom. The van der Waals surface area contributed by atoms with Crippen molar-refractivity contribution in [3.8, 4) is 0 Å². The van der Waals surface area contributed by atoms with Gasteiger partial charge in [-0.15, -0.1) is 0 Å². The van der Waals surface area contributed by atoms with E-state index in [1.54, 1.807) is 0 Å². The van der Waals surface area contributed by atoms with Gasteiger partial charge in [0.1, 0.15) is 0 Å². The maximum Gasteiger partial charge on any atom is 0.197 e. The van der Waals surface area contributed by atoms with Crippen molar-refractivity contribution in [1.82, 2.24) is 4.90 Å². The molecule has 0 amide bonds. The molecule has 0 bridgehead atoms. The van der Waals surface area contributed by atoms with Crippen molar-refractivity contribution in [2.45, 2.75) is 13.8 Å². The fourth-order valence-corrected chi connectivity index (χ4v) is 2.09. The van der Waals surface area contributed by atoms with Crippen LogP contribution in [0.1, 0.15) is 19.4 Å². The largest absolute Gasteiger partial charge is 0.369 e. The van der Waals surface area contributed by atoms with E-state index in [9.17, 15) is 0 Å². The smallest absolute Gasteiger partial charge is 0.197 e. The molecule has 0 saturated heterocycles. The third-order valence-electron chi connectivity index (χ3n) is 3.33. The van der Waals surface area contributed by atoms with Crippen LogP contribution in [-0.4, -0.2) is 29.8 Å². The van der Waals surface area contributed by atoms with Crippen LogP contribution in [0.25, 0.3) is 0 Å². The number of hydrogen-bond donors (Lipinski definition) is 1. The summed E-state index contributed by atoms with van der Waals surface area (Å²) in [5, 5.41) is 0. The van der Waals surface area contributed by atoms with E-state index in [4.69, 9.17) is 5.73 Å². The molecule has 0 aliphatic rings. The van der Waals surface area contributed by atoms with Crippen LogP contribution in [0.15, 0.2) is 70.6 Å². The number of nitrogens with two attached hydrogens (primary N) is 1. The molecule has 0 atom stereocenters. The van der Waals surface area contributed by atoms with Crippen LogP contribution in [0.3, 0.4) is 0 Å². The summed E-state index contributed by atoms with van der Waals surface area (Å²) < 4.78 is 0. The summed E-state index contributed by atoms with van der Waals surface area (Å²) in [5.41, 5.74) is 7.93. The molecule has 0 unspecified atom stereocenters. The van der Waals surface area contributed by atoms with Gasteiger partial charge in [0.15, 0.2) is 11.8 Å². The highest BCUT2D eigenvalue weighted by molar-refractivity contribution is 6.06. The minimum absolute atomic E-state index is 0.489. The van der Waals surface area contributed by atoms with Gasteiger partial charge < -0.3 is 10.6 Å². The lowest BCUT2D eigenvalue weighted by atomic mass is 10.2. The van der Waals surface area contributed by atoms with E-state index in [2.05, 4.69) is 23.8 Å². The van der Waals surface area contributed by atoms with Gasteiger partial charge in [-0.1, -0.05) is 48.5 Å². The lowest BCUT2D eigenvalue weighted by Gasteiger charge is -2.19. The minimum atomic E-state index is 0.489. The van der Waals surface area contributed by atoms with Gasteiger partial charge >= 0.3 is 0 Å². The van der Waals surface area contributed by atoms with Crippen molar-refractivity contribution < 1.29 is 0 Å². The van der Waals surface area contributed by atoms with Gasteiger partial charge in [0.2, 0.25) is 0 Å². The molecule has 2 rings (SSSR count). The fraction of sp³-hybridized carbons (Fsp3) is 0.222. The van der Waals surface area contributed by atoms with Crippen LogP contribution < -0.4 is 5.73 Å². The van der Waals surface area contributed by atoms with Crippen LogP contribution in [0.5, 0.6) is 0 Å². The summed E-state index contributed by atoms with van der Waals surface area (Å²) in [7, 11) is 0. The van der Waals surface area contributed by atoms with Gasteiger partial charge in [-0.25, -0.2) is 4.99 Å². The molecule has 114 valence electrons. The molecule has 4 heteroatoms. The molecule has 2 N–H and O–H groups in total. The SMILES string of the molecule is CCN(CC)C(N)=NC(=Nc1ccccc1)c1ccccc1. The maximum atomic E-state index is 6.13. The fourth-order valence-electron chi connectivity index (χ4n) is 2.09. The number of benzene rings is 2. The van der Waals surface area contributed by atoms with Crippen molar-refractivity contribution in [2.24, 2.45) is 15.7 Å². The van der Waals surface area contributed by atoms with Crippen LogP contribution >= 0.6 is 0 Å². The predicted octanol–water partition coefficient (Wildman–Crippen LogP) is 3.42. The standard InChI is InChI=1S/C18H22N4/c1-3-22(4-2)18(19)21-17(15-11-7-5-8-12-15)20-16-13-9-6-10-14-16/h5-14H,3-4H2,1-2H3,(H2,19,20,21). The zero-order chi connectivity index (χ0) is 15.8. The third-order valence-corrected chi connectivity index (χ3v) is 3.33. The van der Waals surface area contributed by atoms with E-state index >= 15 is 0 Å². The Hall–Kier alpha value is -2.62. The molecule has 22 heavy (non-hydrogen) atoms. The lowest BCUT2D eigenvalue weighted by Crippen LogP contribution is -2.37. The number of para-hydroxylation sites is 1. The highest BCUT2D eigenvalue weighted by atomic mass is 15.2. The summed E-state index contributed by atoms with van der Waals surface area (Å²) in [6.45, 7) is 5.75. The zero-order valence-corrected chi connectivity index (χ0v) is 13.1. The number of amidine groups is 1. The third kappa shape index (κ3) is 4.19. The molecule has 0 aliphatic heterocycles. The topological polar surface area (TPSA) is 54.0 Å². The molecule has 0 radical (unpaired) electrons. The summed E-state index contributed by atoms with van der Waals surface area (Å²) >= 11 is 0. The first-order valence-corrected chi connectivity index (χ1v) is 7.52. The summed E-state index contributed by atoms with van der Waals surface area (Å²) in [6.07, 6.45) is 0. The van der Waals surface area contributed by atoms with Gasteiger partial charge in [-0.2, -0.15) is 4.99 Å². The molecule has 4 nitrogen and oxygen atoms in total. The Kier molecular flexibility index (Phi) is 5.72. The van der Waals surface area contributed by atoms with Gasteiger partial charge in [0.25, 0.3) is 0 Å². The van der Waals surface area contributed by atoms with Crippen molar-refractivity contribution in [1.29, 1.82) is 0 Å². The van der Waals surface area contributed by atoms with E-state index in [1.165, 1.54) is 0 Å². The molecule has 0 fully saturated rings. The second kappa shape index (κ2) is 7.98. The summed E-state index contributed by atoms with van der Waals surface area (Å²) in [6, 6.07) is 19.7. The Morgan fingerprint density at radius 1 is 0.909 bits per heavy atom. The van der Waals surface area contributed by atoms with Gasteiger partial charge in [0.05, 0.1) is 5.69 Å². The minimum Gasteiger partial charge on any atom is -0.369 e. The van der Waals surface area contributed by atoms with Crippen LogP contribution in [0.4, 0.5) is 5.69 Å². The van der Waals surface area contributed by atoms with Crippen molar-refractivity contribution >= 4 is 17.5 Å². The average molecular weight is 294 g/mol. The number of guanidine groups is 1. The Morgan fingerprint density at radius 3 is 2.00 bits per heavy atom. The zero-order valence-electron chi connectivity index (χ0n) is 13.1. The van der Waals surface area contributed by atoms with Crippen LogP contribution in [0, 0.1) is 0 Å². The van der Waals surface area contributed by atoms with Gasteiger partial charge in [0, 0.05) is 18.7 Å². The second-order valence-corrected chi connectivity index (χ2v) is 4.78. The second-order valence-electron chi connectivity index (χ2n) is 4.78. The van der Waals surface area contributed by atoms with Crippen LogP contribution in [-0.2, 0) is 0 Å². The monoisotopic (exact) mass is 294 g/mol. The van der Waals surface area contributed by atoms with Crippen molar-refractivity contribution in [3.05, 3.63) is 66.2 Å². The van der Waals surface area contributed by atoms with Gasteiger partial charge in [-0.3, -0.25) is 0 Å². The van der Waals surface area contributed by atoms with E-state index in [-0.39, 0.29) is 0 Å². The summed E-state index contributed by atoms with van der Waals surface area (Å²) in [4.78, 5) is 11.2. The van der Waals surface area contributed by atoms with Crippen LogP contribution in [0.2, 0.25) is 0 Å². The molecular formula is C18H22N4.